The molecule has 0 atom stereocenters. The molecule has 1 aliphatic carbocycles. The van der Waals surface area contributed by atoms with Crippen LogP contribution >= 0.6 is 0 Å². The molecule has 3 heteroatoms. The molecule has 0 radical (unpaired) electrons. The van der Waals surface area contributed by atoms with Gasteiger partial charge in [0.05, 0.1) is 0 Å². The Balaban J connectivity index is 2.10. The second-order valence-corrected chi connectivity index (χ2v) is 5.09. The maximum absolute atomic E-state index is 12.8. The van der Waals surface area contributed by atoms with Crippen LogP contribution in [0.3, 0.4) is 0 Å². The van der Waals surface area contributed by atoms with Crippen molar-refractivity contribution in [2.45, 2.75) is 19.5 Å². The summed E-state index contributed by atoms with van der Waals surface area (Å²) < 4.78 is 38.5. The average Bonchev–Trinajstić information content (AvgIpc) is 2.83. The third-order valence-electron chi connectivity index (χ3n) is 3.62. The molecule has 0 amide bonds. The number of allylic oxidation sites excluding steroid dienone is 1. The molecule has 20 heavy (non-hydrogen) atoms. The molecule has 0 fully saturated rings. The lowest BCUT2D eigenvalue weighted by atomic mass is 9.97. The summed E-state index contributed by atoms with van der Waals surface area (Å²) in [5.74, 6) is 0. The van der Waals surface area contributed by atoms with Crippen molar-refractivity contribution in [3.8, 4) is 11.1 Å². The zero-order chi connectivity index (χ0) is 14.3. The number of aryl methyl sites for hydroxylation is 1. The van der Waals surface area contributed by atoms with Gasteiger partial charge < -0.3 is 0 Å². The molecule has 1 aliphatic rings. The summed E-state index contributed by atoms with van der Waals surface area (Å²) in [4.78, 5) is 0. The minimum Gasteiger partial charge on any atom is -0.166 e. The Hall–Kier alpha value is -2.03. The van der Waals surface area contributed by atoms with Gasteiger partial charge in [0.1, 0.15) is 0 Å². The highest BCUT2D eigenvalue weighted by Gasteiger charge is 2.36. The highest BCUT2D eigenvalue weighted by molar-refractivity contribution is 5.81. The van der Waals surface area contributed by atoms with Gasteiger partial charge in [-0.25, -0.2) is 0 Å². The standard InChI is InChI=1S/C17H13F3/c1-11-5-7-12(8-6-11)15-4-2-3-13-9-14(10-16(13)15)17(18,19)20/h2-8,10H,9H2,1H3. The Morgan fingerprint density at radius 1 is 0.950 bits per heavy atom. The molecular weight excluding hydrogens is 261 g/mol. The normalized spacial score (nSPS) is 14.1. The van der Waals surface area contributed by atoms with E-state index in [9.17, 15) is 13.2 Å². The van der Waals surface area contributed by atoms with Gasteiger partial charge in [-0.2, -0.15) is 13.2 Å². The van der Waals surface area contributed by atoms with E-state index in [0.717, 1.165) is 22.3 Å². The van der Waals surface area contributed by atoms with Gasteiger partial charge in [-0.1, -0.05) is 48.0 Å². The van der Waals surface area contributed by atoms with Crippen molar-refractivity contribution >= 4 is 6.08 Å². The van der Waals surface area contributed by atoms with Gasteiger partial charge in [0.15, 0.2) is 0 Å². The van der Waals surface area contributed by atoms with Gasteiger partial charge in [-0.15, -0.1) is 0 Å². The number of fused-ring (bicyclic) bond motifs is 1. The maximum Gasteiger partial charge on any atom is 0.413 e. The Labute approximate surface area is 115 Å². The first-order valence-electron chi connectivity index (χ1n) is 6.42. The number of alkyl halides is 3. The molecular formula is C17H13F3. The third-order valence-corrected chi connectivity index (χ3v) is 3.62. The highest BCUT2D eigenvalue weighted by Crippen LogP contribution is 2.40. The largest absolute Gasteiger partial charge is 0.413 e. The summed E-state index contributed by atoms with van der Waals surface area (Å²) in [6.07, 6.45) is -2.99. The van der Waals surface area contributed by atoms with Crippen molar-refractivity contribution in [1.29, 1.82) is 0 Å². The molecule has 0 spiro atoms. The van der Waals surface area contributed by atoms with Gasteiger partial charge in [0.25, 0.3) is 0 Å². The lowest BCUT2D eigenvalue weighted by Gasteiger charge is -2.08. The van der Waals surface area contributed by atoms with E-state index in [1.54, 1.807) is 6.07 Å². The molecule has 3 rings (SSSR count). The monoisotopic (exact) mass is 274 g/mol. The molecule has 102 valence electrons. The Bertz CT molecular complexity index is 676. The van der Waals surface area contributed by atoms with Crippen molar-refractivity contribution in [2.75, 3.05) is 0 Å². The van der Waals surface area contributed by atoms with E-state index in [1.165, 1.54) is 6.08 Å². The zero-order valence-electron chi connectivity index (χ0n) is 11.0. The molecule has 0 aromatic heterocycles. The van der Waals surface area contributed by atoms with Gasteiger partial charge in [-0.3, -0.25) is 0 Å². The van der Waals surface area contributed by atoms with Crippen molar-refractivity contribution in [3.63, 3.8) is 0 Å². The number of hydrogen-bond acceptors (Lipinski definition) is 0. The van der Waals surface area contributed by atoms with Crippen LogP contribution < -0.4 is 0 Å². The van der Waals surface area contributed by atoms with Crippen LogP contribution in [-0.2, 0) is 6.42 Å². The average molecular weight is 274 g/mol. The first kappa shape index (κ1) is 13.0. The second kappa shape index (κ2) is 4.51. The van der Waals surface area contributed by atoms with Gasteiger partial charge in [0, 0.05) is 12.0 Å². The number of benzene rings is 2. The highest BCUT2D eigenvalue weighted by atomic mass is 19.4. The fourth-order valence-electron chi connectivity index (χ4n) is 2.53. The maximum atomic E-state index is 12.8. The van der Waals surface area contributed by atoms with Crippen LogP contribution in [0.5, 0.6) is 0 Å². The minimum atomic E-state index is -4.25. The van der Waals surface area contributed by atoms with Gasteiger partial charge in [-0.05, 0) is 35.3 Å². The smallest absolute Gasteiger partial charge is 0.166 e. The van der Waals surface area contributed by atoms with Crippen molar-refractivity contribution in [2.24, 2.45) is 0 Å². The van der Waals surface area contributed by atoms with Crippen LogP contribution in [0.1, 0.15) is 16.7 Å². The summed E-state index contributed by atoms with van der Waals surface area (Å²) in [6.45, 7) is 1.99. The molecule has 0 unspecified atom stereocenters. The third kappa shape index (κ3) is 2.24. The first-order chi connectivity index (χ1) is 9.45. The minimum absolute atomic E-state index is 0.0292. The lowest BCUT2D eigenvalue weighted by Crippen LogP contribution is -2.11. The summed E-state index contributed by atoms with van der Waals surface area (Å²) >= 11 is 0. The van der Waals surface area contributed by atoms with Crippen LogP contribution in [0.15, 0.2) is 48.0 Å². The van der Waals surface area contributed by atoms with Crippen LogP contribution in [-0.4, -0.2) is 6.18 Å². The number of rotatable bonds is 1. The van der Waals surface area contributed by atoms with E-state index < -0.39 is 11.7 Å². The fraction of sp³-hybridized carbons (Fsp3) is 0.176. The number of hydrogen-bond donors (Lipinski definition) is 0. The lowest BCUT2D eigenvalue weighted by molar-refractivity contribution is -0.0918. The summed E-state index contributed by atoms with van der Waals surface area (Å²) in [7, 11) is 0. The summed E-state index contributed by atoms with van der Waals surface area (Å²) in [5.41, 5.74) is 3.92. The van der Waals surface area contributed by atoms with Crippen molar-refractivity contribution in [1.82, 2.24) is 0 Å². The molecule has 0 bridgehead atoms. The van der Waals surface area contributed by atoms with E-state index in [2.05, 4.69) is 0 Å². The predicted molar refractivity (Wildman–Crippen MR) is 74.4 cm³/mol. The van der Waals surface area contributed by atoms with Crippen LogP contribution in [0.2, 0.25) is 0 Å². The molecule has 0 heterocycles. The molecule has 0 aliphatic heterocycles. The van der Waals surface area contributed by atoms with Crippen LogP contribution in [0.4, 0.5) is 13.2 Å². The predicted octanol–water partition coefficient (Wildman–Crippen LogP) is 5.16. The fourth-order valence-corrected chi connectivity index (χ4v) is 2.53. The SMILES string of the molecule is Cc1ccc(-c2cccc3c2C=C(C(F)(F)F)C3)cc1. The molecule has 2 aromatic rings. The number of halogens is 3. The van der Waals surface area contributed by atoms with E-state index in [0.29, 0.717) is 5.56 Å². The molecule has 0 nitrogen and oxygen atoms in total. The van der Waals surface area contributed by atoms with Gasteiger partial charge in [0.2, 0.25) is 0 Å². The Kier molecular flexibility index (Phi) is 2.93. The van der Waals surface area contributed by atoms with Crippen LogP contribution in [0, 0.1) is 6.92 Å². The first-order valence-corrected chi connectivity index (χ1v) is 6.42. The Morgan fingerprint density at radius 2 is 1.65 bits per heavy atom. The van der Waals surface area contributed by atoms with Crippen molar-refractivity contribution in [3.05, 3.63) is 64.7 Å². The Morgan fingerprint density at radius 3 is 2.30 bits per heavy atom. The van der Waals surface area contributed by atoms with Gasteiger partial charge >= 0.3 is 6.18 Å². The molecule has 0 N–H and O–H groups in total. The summed E-state index contributed by atoms with van der Waals surface area (Å²) in [6, 6.07) is 13.3. The van der Waals surface area contributed by atoms with E-state index in [-0.39, 0.29) is 6.42 Å². The second-order valence-electron chi connectivity index (χ2n) is 5.09. The van der Waals surface area contributed by atoms with E-state index in [4.69, 9.17) is 0 Å². The molecule has 0 saturated heterocycles. The topological polar surface area (TPSA) is 0 Å². The van der Waals surface area contributed by atoms with E-state index in [1.807, 2.05) is 43.3 Å². The molecule has 2 aromatic carbocycles. The molecule has 0 saturated carbocycles. The van der Waals surface area contributed by atoms with Crippen LogP contribution in [0.25, 0.3) is 17.2 Å². The zero-order valence-corrected chi connectivity index (χ0v) is 11.0. The van der Waals surface area contributed by atoms with E-state index >= 15 is 0 Å². The quantitative estimate of drug-likeness (QED) is 0.673. The van der Waals surface area contributed by atoms with Crippen molar-refractivity contribution < 1.29 is 13.2 Å². The summed E-state index contributed by atoms with van der Waals surface area (Å²) in [5, 5.41) is 0.